The van der Waals surface area contributed by atoms with Crippen LogP contribution in [0.25, 0.3) is 11.3 Å². The standard InChI is InChI=1S/C33H46N6O3/c1-7-39(27-10-8-25(9-11-27)21-38(5)14-15-42-6)31-18-26(30-20-34-12-13-35-30)17-28(24(31)4)32(40)36-19-29-22(2)16-23(3)37-33(29)41/h12-13,16-18,20,25,27H,7-11,14-15,19,21H2,1-6H3,(H,36,40)(H,37,41). The topological polar surface area (TPSA) is 103 Å². The van der Waals surface area contributed by atoms with Gasteiger partial charge in [0.25, 0.3) is 11.5 Å². The van der Waals surface area contributed by atoms with Crippen molar-refractivity contribution in [3.05, 3.63) is 75.1 Å². The maximum absolute atomic E-state index is 13.7. The van der Waals surface area contributed by atoms with E-state index in [1.807, 2.05) is 32.9 Å². The molecule has 42 heavy (non-hydrogen) atoms. The van der Waals surface area contributed by atoms with Crippen molar-refractivity contribution in [3.63, 3.8) is 0 Å². The Morgan fingerprint density at radius 3 is 2.52 bits per heavy atom. The number of carbonyl (C=O) groups excluding carboxylic acids is 1. The number of ether oxygens (including phenoxy) is 1. The zero-order valence-electron chi connectivity index (χ0n) is 26.0. The third kappa shape index (κ3) is 7.63. The van der Waals surface area contributed by atoms with Crippen LogP contribution < -0.4 is 15.8 Å². The molecule has 4 rings (SSSR count). The van der Waals surface area contributed by atoms with E-state index >= 15 is 0 Å². The molecule has 1 saturated carbocycles. The summed E-state index contributed by atoms with van der Waals surface area (Å²) in [4.78, 5) is 42.7. The Kier molecular flexibility index (Phi) is 10.9. The zero-order valence-corrected chi connectivity index (χ0v) is 26.0. The molecule has 0 bridgehead atoms. The van der Waals surface area contributed by atoms with Gasteiger partial charge in [0.15, 0.2) is 0 Å². The molecule has 0 atom stereocenters. The molecule has 1 aliphatic carbocycles. The van der Waals surface area contributed by atoms with Crippen molar-refractivity contribution in [2.45, 2.75) is 66.0 Å². The van der Waals surface area contributed by atoms with Crippen LogP contribution in [0.1, 0.15) is 65.3 Å². The van der Waals surface area contributed by atoms with Gasteiger partial charge in [0.2, 0.25) is 0 Å². The lowest BCUT2D eigenvalue weighted by Crippen LogP contribution is -2.40. The van der Waals surface area contributed by atoms with Crippen molar-refractivity contribution >= 4 is 11.6 Å². The molecule has 9 heteroatoms. The lowest BCUT2D eigenvalue weighted by molar-refractivity contribution is 0.0950. The molecule has 1 fully saturated rings. The molecular weight excluding hydrogens is 528 g/mol. The Labute approximate surface area is 249 Å². The second-order valence-electron chi connectivity index (χ2n) is 11.6. The van der Waals surface area contributed by atoms with E-state index in [0.29, 0.717) is 23.1 Å². The first kappa shape index (κ1) is 31.4. The minimum absolute atomic E-state index is 0.157. The molecule has 1 aliphatic rings. The van der Waals surface area contributed by atoms with Gasteiger partial charge in [0.1, 0.15) is 0 Å². The van der Waals surface area contributed by atoms with Crippen LogP contribution in [0.4, 0.5) is 5.69 Å². The van der Waals surface area contributed by atoms with Gasteiger partial charge in [-0.05, 0) is 95.7 Å². The van der Waals surface area contributed by atoms with Crippen LogP contribution in [-0.4, -0.2) is 72.2 Å². The van der Waals surface area contributed by atoms with E-state index in [0.717, 1.165) is 72.8 Å². The van der Waals surface area contributed by atoms with Crippen molar-refractivity contribution in [2.75, 3.05) is 45.3 Å². The number of aryl methyl sites for hydroxylation is 2. The monoisotopic (exact) mass is 574 g/mol. The van der Waals surface area contributed by atoms with Gasteiger partial charge in [-0.15, -0.1) is 0 Å². The fourth-order valence-electron chi connectivity index (χ4n) is 6.24. The number of benzene rings is 1. The third-order valence-electron chi connectivity index (χ3n) is 8.56. The molecule has 2 aromatic heterocycles. The highest BCUT2D eigenvalue weighted by Crippen LogP contribution is 2.36. The van der Waals surface area contributed by atoms with E-state index in [1.165, 1.54) is 12.8 Å². The number of methoxy groups -OCH3 is 1. The predicted molar refractivity (Wildman–Crippen MR) is 168 cm³/mol. The minimum atomic E-state index is -0.210. The van der Waals surface area contributed by atoms with Crippen molar-refractivity contribution in [1.82, 2.24) is 25.2 Å². The summed E-state index contributed by atoms with van der Waals surface area (Å²) in [6.07, 6.45) is 9.64. The van der Waals surface area contributed by atoms with Crippen LogP contribution in [0.15, 0.2) is 41.6 Å². The van der Waals surface area contributed by atoms with Gasteiger partial charge in [0, 0.05) is 79.8 Å². The Morgan fingerprint density at radius 1 is 1.12 bits per heavy atom. The summed E-state index contributed by atoms with van der Waals surface area (Å²) in [5.41, 5.74) is 6.20. The Bertz CT molecular complexity index is 1400. The van der Waals surface area contributed by atoms with Gasteiger partial charge >= 0.3 is 0 Å². The summed E-state index contributed by atoms with van der Waals surface area (Å²) in [7, 11) is 3.93. The minimum Gasteiger partial charge on any atom is -0.383 e. The lowest BCUT2D eigenvalue weighted by atomic mass is 9.84. The van der Waals surface area contributed by atoms with Crippen molar-refractivity contribution in [3.8, 4) is 11.3 Å². The number of pyridine rings is 1. The SMILES string of the molecule is CCN(c1cc(-c2cnccn2)cc(C(=O)NCc2c(C)cc(C)[nH]c2=O)c1C)C1CCC(CN(C)CCOC)CC1. The van der Waals surface area contributed by atoms with Crippen LogP contribution in [-0.2, 0) is 11.3 Å². The average molecular weight is 575 g/mol. The number of nitrogens with zero attached hydrogens (tertiary/aromatic N) is 4. The smallest absolute Gasteiger partial charge is 0.253 e. The zero-order chi connectivity index (χ0) is 30.2. The number of anilines is 1. The number of carbonyl (C=O) groups is 1. The summed E-state index contributed by atoms with van der Waals surface area (Å²) in [6, 6.07) is 6.37. The Hall–Kier alpha value is -3.56. The first-order valence-electron chi connectivity index (χ1n) is 15.0. The number of hydrogen-bond donors (Lipinski definition) is 2. The van der Waals surface area contributed by atoms with Gasteiger partial charge in [0.05, 0.1) is 18.5 Å². The molecule has 0 aliphatic heterocycles. The van der Waals surface area contributed by atoms with Crippen molar-refractivity contribution in [1.29, 1.82) is 0 Å². The maximum Gasteiger partial charge on any atom is 0.253 e. The van der Waals surface area contributed by atoms with E-state index in [9.17, 15) is 9.59 Å². The number of likely N-dealkylation sites (N-methyl/N-ethyl adjacent to an activating group) is 1. The quantitative estimate of drug-likeness (QED) is 0.325. The predicted octanol–water partition coefficient (Wildman–Crippen LogP) is 4.65. The molecule has 0 saturated heterocycles. The Balaban J connectivity index is 1.59. The molecule has 2 heterocycles. The van der Waals surface area contributed by atoms with E-state index < -0.39 is 0 Å². The van der Waals surface area contributed by atoms with Crippen LogP contribution >= 0.6 is 0 Å². The number of hydrogen-bond acceptors (Lipinski definition) is 7. The first-order chi connectivity index (χ1) is 20.2. The molecule has 0 unspecified atom stereocenters. The van der Waals surface area contributed by atoms with Crippen LogP contribution in [0.5, 0.6) is 0 Å². The summed E-state index contributed by atoms with van der Waals surface area (Å²) in [5.74, 6) is 0.473. The van der Waals surface area contributed by atoms with Crippen LogP contribution in [0.2, 0.25) is 0 Å². The van der Waals surface area contributed by atoms with Gasteiger partial charge in [-0.2, -0.15) is 0 Å². The number of nitrogens with one attached hydrogen (secondary N) is 2. The molecule has 2 N–H and O–H groups in total. The number of aromatic amines is 1. The van der Waals surface area contributed by atoms with Gasteiger partial charge in [-0.1, -0.05) is 0 Å². The molecule has 1 aromatic carbocycles. The highest BCUT2D eigenvalue weighted by Gasteiger charge is 2.28. The third-order valence-corrected chi connectivity index (χ3v) is 8.56. The Morgan fingerprint density at radius 2 is 1.88 bits per heavy atom. The maximum atomic E-state index is 13.7. The van der Waals surface area contributed by atoms with Gasteiger partial charge < -0.3 is 24.8 Å². The lowest BCUT2D eigenvalue weighted by Gasteiger charge is -2.39. The van der Waals surface area contributed by atoms with E-state index in [2.05, 4.69) is 50.1 Å². The average Bonchev–Trinajstić information content (AvgIpc) is 2.98. The fraction of sp³-hybridized carbons (Fsp3) is 0.515. The molecule has 0 radical (unpaired) electrons. The molecule has 3 aromatic rings. The number of aromatic nitrogens is 3. The first-order valence-corrected chi connectivity index (χ1v) is 15.0. The number of amides is 1. The highest BCUT2D eigenvalue weighted by molar-refractivity contribution is 5.98. The summed E-state index contributed by atoms with van der Waals surface area (Å²) >= 11 is 0. The van der Waals surface area contributed by atoms with Crippen molar-refractivity contribution < 1.29 is 9.53 Å². The highest BCUT2D eigenvalue weighted by atomic mass is 16.5. The number of H-pyrrole nitrogens is 1. The van der Waals surface area contributed by atoms with Gasteiger partial charge in [-0.3, -0.25) is 19.6 Å². The molecule has 1 amide bonds. The normalized spacial score (nSPS) is 16.9. The molecular formula is C33H46N6O3. The van der Waals surface area contributed by atoms with E-state index in [4.69, 9.17) is 4.74 Å². The van der Waals surface area contributed by atoms with E-state index in [1.54, 1.807) is 25.7 Å². The fourth-order valence-corrected chi connectivity index (χ4v) is 6.24. The summed E-state index contributed by atoms with van der Waals surface area (Å²) in [5, 5.41) is 3.01. The summed E-state index contributed by atoms with van der Waals surface area (Å²) in [6.45, 7) is 11.8. The molecule has 226 valence electrons. The van der Waals surface area contributed by atoms with Crippen LogP contribution in [0, 0.1) is 26.7 Å². The second-order valence-corrected chi connectivity index (χ2v) is 11.6. The summed E-state index contributed by atoms with van der Waals surface area (Å²) < 4.78 is 5.24. The van der Waals surface area contributed by atoms with Gasteiger partial charge in [-0.25, -0.2) is 0 Å². The second kappa shape index (κ2) is 14.6. The number of rotatable bonds is 12. The largest absolute Gasteiger partial charge is 0.383 e. The van der Waals surface area contributed by atoms with E-state index in [-0.39, 0.29) is 18.0 Å². The van der Waals surface area contributed by atoms with Crippen molar-refractivity contribution in [2.24, 2.45) is 5.92 Å². The molecule has 0 spiro atoms. The molecule has 9 nitrogen and oxygen atoms in total. The van der Waals surface area contributed by atoms with Crippen LogP contribution in [0.3, 0.4) is 0 Å².